The van der Waals surface area contributed by atoms with Crippen LogP contribution in [0.2, 0.25) is 0 Å². The van der Waals surface area contributed by atoms with Crippen molar-refractivity contribution in [3.05, 3.63) is 39.9 Å². The maximum atomic E-state index is 12.7. The lowest BCUT2D eigenvalue weighted by Crippen LogP contribution is -2.28. The predicted molar refractivity (Wildman–Crippen MR) is 85.9 cm³/mol. The molecule has 0 spiro atoms. The quantitative estimate of drug-likeness (QED) is 0.809. The molecule has 22 heavy (non-hydrogen) atoms. The molecule has 0 aliphatic carbocycles. The van der Waals surface area contributed by atoms with E-state index in [0.29, 0.717) is 5.82 Å². The lowest BCUT2D eigenvalue weighted by atomic mass is 10.2. The minimum absolute atomic E-state index is 0.227. The monoisotopic (exact) mass is 384 g/mol. The molecular formula is C14H17BrN4O2S. The lowest BCUT2D eigenvalue weighted by Gasteiger charge is -2.17. The Morgan fingerprint density at radius 1 is 1.36 bits per heavy atom. The van der Waals surface area contributed by atoms with E-state index in [0.717, 1.165) is 35.2 Å². The van der Waals surface area contributed by atoms with Gasteiger partial charge < -0.3 is 4.57 Å². The van der Waals surface area contributed by atoms with Crippen molar-refractivity contribution >= 4 is 26.0 Å². The summed E-state index contributed by atoms with van der Waals surface area (Å²) >= 11 is 3.39. The van der Waals surface area contributed by atoms with Crippen LogP contribution in [0, 0.1) is 6.92 Å². The third-order valence-electron chi connectivity index (χ3n) is 3.89. The summed E-state index contributed by atoms with van der Waals surface area (Å²) in [5, 5.41) is 8.23. The summed E-state index contributed by atoms with van der Waals surface area (Å²) < 4.78 is 29.6. The van der Waals surface area contributed by atoms with E-state index in [2.05, 4.69) is 26.1 Å². The second-order valence-corrected chi connectivity index (χ2v) is 8.36. The van der Waals surface area contributed by atoms with Crippen molar-refractivity contribution in [2.45, 2.75) is 37.8 Å². The smallest absolute Gasteiger partial charge is 0.243 e. The fourth-order valence-corrected chi connectivity index (χ4v) is 4.03. The van der Waals surface area contributed by atoms with Gasteiger partial charge in [0.1, 0.15) is 11.6 Å². The molecule has 1 aliphatic heterocycles. The minimum Gasteiger partial charge on any atom is -0.314 e. The molecule has 0 saturated carbocycles. The number of aromatic nitrogens is 3. The van der Waals surface area contributed by atoms with Gasteiger partial charge in [-0.1, -0.05) is 15.9 Å². The number of aryl methyl sites for hydroxylation is 2. The average Bonchev–Trinajstić information content (AvgIpc) is 3.06. The average molecular weight is 385 g/mol. The van der Waals surface area contributed by atoms with Gasteiger partial charge in [0.25, 0.3) is 0 Å². The van der Waals surface area contributed by atoms with Gasteiger partial charge in [-0.05, 0) is 37.1 Å². The molecule has 1 aliphatic rings. The van der Waals surface area contributed by atoms with Crippen LogP contribution in [0.1, 0.15) is 23.6 Å². The summed E-state index contributed by atoms with van der Waals surface area (Å²) in [6.45, 7) is 2.96. The van der Waals surface area contributed by atoms with Gasteiger partial charge in [0.2, 0.25) is 10.0 Å². The van der Waals surface area contributed by atoms with Crippen LogP contribution in [-0.2, 0) is 29.5 Å². The van der Waals surface area contributed by atoms with Crippen LogP contribution in [0.5, 0.6) is 0 Å². The Bertz CT molecular complexity index is 816. The second kappa shape index (κ2) is 5.75. The van der Waals surface area contributed by atoms with E-state index in [1.54, 1.807) is 25.2 Å². The minimum atomic E-state index is -3.54. The summed E-state index contributed by atoms with van der Waals surface area (Å²) in [5.74, 6) is 1.65. The number of halogens is 1. The molecule has 1 aromatic heterocycles. The third kappa shape index (κ3) is 2.70. The van der Waals surface area contributed by atoms with Crippen LogP contribution >= 0.6 is 15.9 Å². The highest BCUT2D eigenvalue weighted by molar-refractivity contribution is 9.10. The normalized spacial score (nSPS) is 14.5. The van der Waals surface area contributed by atoms with Crippen LogP contribution < -0.4 is 0 Å². The maximum absolute atomic E-state index is 12.7. The maximum Gasteiger partial charge on any atom is 0.243 e. The molecule has 8 heteroatoms. The van der Waals surface area contributed by atoms with Gasteiger partial charge in [-0.2, -0.15) is 4.31 Å². The van der Waals surface area contributed by atoms with E-state index < -0.39 is 10.0 Å². The van der Waals surface area contributed by atoms with Crippen molar-refractivity contribution in [2.75, 3.05) is 7.05 Å². The number of hydrogen-bond donors (Lipinski definition) is 0. The van der Waals surface area contributed by atoms with Crippen LogP contribution in [-0.4, -0.2) is 34.5 Å². The van der Waals surface area contributed by atoms with Crippen LogP contribution in [0.4, 0.5) is 0 Å². The van der Waals surface area contributed by atoms with Crippen molar-refractivity contribution < 1.29 is 8.42 Å². The van der Waals surface area contributed by atoms with E-state index in [9.17, 15) is 8.42 Å². The first-order chi connectivity index (χ1) is 10.4. The van der Waals surface area contributed by atoms with Gasteiger partial charge in [0, 0.05) is 24.5 Å². The topological polar surface area (TPSA) is 68.1 Å². The van der Waals surface area contributed by atoms with E-state index in [-0.39, 0.29) is 11.4 Å². The molecule has 0 unspecified atom stereocenters. The van der Waals surface area contributed by atoms with Gasteiger partial charge >= 0.3 is 0 Å². The zero-order chi connectivity index (χ0) is 15.9. The van der Waals surface area contributed by atoms with Crippen molar-refractivity contribution in [1.29, 1.82) is 0 Å². The molecule has 0 atom stereocenters. The van der Waals surface area contributed by atoms with Gasteiger partial charge in [-0.15, -0.1) is 10.2 Å². The Morgan fingerprint density at radius 2 is 2.14 bits per heavy atom. The largest absolute Gasteiger partial charge is 0.314 e. The highest BCUT2D eigenvalue weighted by Crippen LogP contribution is 2.23. The highest BCUT2D eigenvalue weighted by atomic mass is 79.9. The highest BCUT2D eigenvalue weighted by Gasteiger charge is 2.25. The van der Waals surface area contributed by atoms with E-state index in [4.69, 9.17) is 0 Å². The van der Waals surface area contributed by atoms with Gasteiger partial charge in [-0.3, -0.25) is 0 Å². The van der Waals surface area contributed by atoms with Gasteiger partial charge in [-0.25, -0.2) is 8.42 Å². The van der Waals surface area contributed by atoms with E-state index in [1.165, 1.54) is 4.31 Å². The first-order valence-electron chi connectivity index (χ1n) is 7.03. The SMILES string of the molecule is Cc1cc(S(=O)(=O)N(C)Cc2nnc3n2CCC3)ccc1Br. The van der Waals surface area contributed by atoms with Gasteiger partial charge in [0.15, 0.2) is 0 Å². The third-order valence-corrected chi connectivity index (χ3v) is 6.58. The molecule has 0 saturated heterocycles. The molecule has 0 radical (unpaired) electrons. The van der Waals surface area contributed by atoms with Crippen molar-refractivity contribution in [3.63, 3.8) is 0 Å². The lowest BCUT2D eigenvalue weighted by molar-refractivity contribution is 0.447. The Balaban J connectivity index is 1.86. The molecule has 6 nitrogen and oxygen atoms in total. The van der Waals surface area contributed by atoms with E-state index >= 15 is 0 Å². The Morgan fingerprint density at radius 3 is 2.86 bits per heavy atom. The molecule has 2 heterocycles. The van der Waals surface area contributed by atoms with Crippen molar-refractivity contribution in [3.8, 4) is 0 Å². The number of rotatable bonds is 4. The Hall–Kier alpha value is -1.25. The Kier molecular flexibility index (Phi) is 4.09. The molecule has 0 N–H and O–H groups in total. The summed E-state index contributed by atoms with van der Waals surface area (Å²) in [5.41, 5.74) is 0.887. The number of sulfonamides is 1. The van der Waals surface area contributed by atoms with Crippen LogP contribution in [0.15, 0.2) is 27.6 Å². The summed E-state index contributed by atoms with van der Waals surface area (Å²) in [4.78, 5) is 0.289. The Labute approximate surface area is 138 Å². The van der Waals surface area contributed by atoms with Crippen LogP contribution in [0.25, 0.3) is 0 Å². The molecule has 118 valence electrons. The van der Waals surface area contributed by atoms with Crippen molar-refractivity contribution in [2.24, 2.45) is 0 Å². The molecule has 1 aromatic carbocycles. The van der Waals surface area contributed by atoms with Gasteiger partial charge in [0.05, 0.1) is 11.4 Å². The summed E-state index contributed by atoms with van der Waals surface area (Å²) in [6.07, 6.45) is 1.95. The first kappa shape index (κ1) is 15.6. The predicted octanol–water partition coefficient (Wildman–Crippen LogP) is 2.12. The number of nitrogens with zero attached hydrogens (tertiary/aromatic N) is 4. The molecule has 0 amide bonds. The van der Waals surface area contributed by atoms with Crippen molar-refractivity contribution in [1.82, 2.24) is 19.1 Å². The first-order valence-corrected chi connectivity index (χ1v) is 9.26. The fourth-order valence-electron chi connectivity index (χ4n) is 2.57. The molecule has 3 rings (SSSR count). The molecule has 0 bridgehead atoms. The second-order valence-electron chi connectivity index (χ2n) is 5.46. The number of fused-ring (bicyclic) bond motifs is 1. The van der Waals surface area contributed by atoms with Crippen LogP contribution in [0.3, 0.4) is 0 Å². The number of hydrogen-bond acceptors (Lipinski definition) is 4. The molecule has 0 fully saturated rings. The summed E-state index contributed by atoms with van der Waals surface area (Å²) in [6, 6.07) is 5.03. The summed E-state index contributed by atoms with van der Waals surface area (Å²) in [7, 11) is -1.97. The van der Waals surface area contributed by atoms with E-state index in [1.807, 2.05) is 11.5 Å². The molecule has 2 aromatic rings. The zero-order valence-electron chi connectivity index (χ0n) is 12.5. The molecular weight excluding hydrogens is 368 g/mol. The standard InChI is InChI=1S/C14H17BrN4O2S/c1-10-8-11(5-6-12(10)15)22(20,21)18(2)9-14-17-16-13-4-3-7-19(13)14/h5-6,8H,3-4,7,9H2,1-2H3. The number of benzene rings is 1. The zero-order valence-corrected chi connectivity index (χ0v) is 14.9. The fraction of sp³-hybridized carbons (Fsp3) is 0.429.